The Morgan fingerprint density at radius 2 is 1.76 bits per heavy atom. The monoisotopic (exact) mass is 404 g/mol. The third-order valence-electron chi connectivity index (χ3n) is 4.79. The van der Waals surface area contributed by atoms with Gasteiger partial charge in [0.2, 0.25) is 0 Å². The number of hydrazone groups is 1. The van der Waals surface area contributed by atoms with Gasteiger partial charge in [-0.1, -0.05) is 0 Å². The van der Waals surface area contributed by atoms with Crippen LogP contribution in [0.4, 0.5) is 28.0 Å². The van der Waals surface area contributed by atoms with E-state index in [1.807, 2.05) is 0 Å². The van der Waals surface area contributed by atoms with E-state index in [-0.39, 0.29) is 24.3 Å². The average molecular weight is 404 g/mol. The molecule has 4 rings (SSSR count). The molecular formula is C20H16F4N4O. The van der Waals surface area contributed by atoms with Crippen LogP contribution in [0, 0.1) is 23.3 Å². The Labute approximate surface area is 163 Å². The lowest BCUT2D eigenvalue weighted by Gasteiger charge is -2.37. The molecule has 2 aromatic carbocycles. The molecule has 1 unspecified atom stereocenters. The van der Waals surface area contributed by atoms with Gasteiger partial charge in [0.1, 0.15) is 11.6 Å². The van der Waals surface area contributed by atoms with Crippen molar-refractivity contribution in [3.63, 3.8) is 0 Å². The number of rotatable bonds is 2. The normalized spacial score (nSPS) is 18.2. The molecule has 1 saturated heterocycles. The molecule has 0 radical (unpaired) electrons. The first-order valence-corrected chi connectivity index (χ1v) is 8.82. The van der Waals surface area contributed by atoms with Gasteiger partial charge in [-0.3, -0.25) is 0 Å². The second-order valence-electron chi connectivity index (χ2n) is 6.94. The van der Waals surface area contributed by atoms with E-state index in [4.69, 9.17) is 5.73 Å². The Hall–Kier alpha value is -3.36. The van der Waals surface area contributed by atoms with Crippen LogP contribution in [-0.2, 0) is 0 Å². The molecule has 0 spiro atoms. The number of amides is 2. The van der Waals surface area contributed by atoms with Gasteiger partial charge in [-0.25, -0.2) is 27.4 Å². The molecule has 150 valence electrons. The minimum absolute atomic E-state index is 0.0110. The maximum absolute atomic E-state index is 13.9. The highest BCUT2D eigenvalue weighted by atomic mass is 19.2. The predicted molar refractivity (Wildman–Crippen MR) is 99.8 cm³/mol. The molecule has 2 N–H and O–H groups in total. The Kier molecular flexibility index (Phi) is 4.73. The zero-order chi connectivity index (χ0) is 20.7. The summed E-state index contributed by atoms with van der Waals surface area (Å²) in [6.45, 7) is 0.399. The van der Waals surface area contributed by atoms with Crippen molar-refractivity contribution in [3.8, 4) is 0 Å². The van der Waals surface area contributed by atoms with E-state index in [9.17, 15) is 22.4 Å². The van der Waals surface area contributed by atoms with Gasteiger partial charge < -0.3 is 10.6 Å². The second-order valence-corrected chi connectivity index (χ2v) is 6.94. The molecule has 2 aromatic rings. The maximum Gasteiger partial charge on any atom is 0.341 e. The fourth-order valence-corrected chi connectivity index (χ4v) is 3.42. The Bertz CT molecular complexity index is 1020. The summed E-state index contributed by atoms with van der Waals surface area (Å²) in [4.78, 5) is 14.2. The highest BCUT2D eigenvalue weighted by molar-refractivity contribution is 5.81. The Balaban J connectivity index is 1.47. The predicted octanol–water partition coefficient (Wildman–Crippen LogP) is 4.08. The fraction of sp³-hybridized carbons (Fsp3) is 0.200. The molecule has 0 aromatic heterocycles. The van der Waals surface area contributed by atoms with E-state index < -0.39 is 35.3 Å². The summed E-state index contributed by atoms with van der Waals surface area (Å²) in [5.74, 6) is -3.51. The first-order valence-electron chi connectivity index (χ1n) is 8.82. The van der Waals surface area contributed by atoms with Crippen molar-refractivity contribution in [2.45, 2.75) is 12.5 Å². The zero-order valence-corrected chi connectivity index (χ0v) is 15.1. The van der Waals surface area contributed by atoms with Gasteiger partial charge >= 0.3 is 6.03 Å². The van der Waals surface area contributed by atoms with E-state index in [1.54, 1.807) is 0 Å². The van der Waals surface area contributed by atoms with Crippen LogP contribution in [-0.4, -0.2) is 35.2 Å². The van der Waals surface area contributed by atoms with Crippen molar-refractivity contribution < 1.29 is 22.4 Å². The highest BCUT2D eigenvalue weighted by Crippen LogP contribution is 2.32. The number of carbonyl (C=O) groups is 1. The summed E-state index contributed by atoms with van der Waals surface area (Å²) < 4.78 is 54.4. The molecule has 5 nitrogen and oxygen atoms in total. The summed E-state index contributed by atoms with van der Waals surface area (Å²) in [5.41, 5.74) is 6.66. The van der Waals surface area contributed by atoms with Crippen molar-refractivity contribution >= 4 is 24.0 Å². The van der Waals surface area contributed by atoms with E-state index in [0.29, 0.717) is 17.6 Å². The van der Waals surface area contributed by atoms with E-state index in [1.165, 1.54) is 40.4 Å². The molecule has 2 aliphatic heterocycles. The number of carbonyl (C=O) groups excluding carboxylic acids is 1. The van der Waals surface area contributed by atoms with Crippen LogP contribution in [0.25, 0.3) is 6.08 Å². The van der Waals surface area contributed by atoms with Gasteiger partial charge in [-0.15, -0.1) is 0 Å². The van der Waals surface area contributed by atoms with Gasteiger partial charge in [-0.05, 0) is 41.5 Å². The third kappa shape index (κ3) is 3.67. The number of nitrogen functional groups attached to an aromatic ring is 1. The molecule has 0 bridgehead atoms. The molecule has 2 aliphatic rings. The van der Waals surface area contributed by atoms with Crippen LogP contribution in [0.3, 0.4) is 0 Å². The molecule has 2 heterocycles. The summed E-state index contributed by atoms with van der Waals surface area (Å²) in [6, 6.07) is 4.26. The van der Waals surface area contributed by atoms with Crippen molar-refractivity contribution in [1.29, 1.82) is 0 Å². The number of anilines is 1. The molecule has 0 aliphatic carbocycles. The second kappa shape index (κ2) is 7.23. The zero-order valence-electron chi connectivity index (χ0n) is 15.1. The lowest BCUT2D eigenvalue weighted by atomic mass is 10.0. The summed E-state index contributed by atoms with van der Waals surface area (Å²) in [5, 5.41) is 5.20. The van der Waals surface area contributed by atoms with Gasteiger partial charge in [0, 0.05) is 43.0 Å². The summed E-state index contributed by atoms with van der Waals surface area (Å²) in [7, 11) is 0. The third-order valence-corrected chi connectivity index (χ3v) is 4.79. The van der Waals surface area contributed by atoms with Crippen molar-refractivity contribution in [2.75, 3.05) is 18.8 Å². The van der Waals surface area contributed by atoms with Gasteiger partial charge in [-0.2, -0.15) is 5.10 Å². The Morgan fingerprint density at radius 3 is 2.45 bits per heavy atom. The molecule has 1 atom stereocenters. The van der Waals surface area contributed by atoms with Gasteiger partial charge in [0.15, 0.2) is 11.6 Å². The van der Waals surface area contributed by atoms with Crippen LogP contribution in [0.5, 0.6) is 0 Å². The van der Waals surface area contributed by atoms with Crippen molar-refractivity contribution in [2.24, 2.45) is 5.10 Å². The van der Waals surface area contributed by atoms with E-state index in [2.05, 4.69) is 5.10 Å². The topological polar surface area (TPSA) is 61.9 Å². The standard InChI is InChI=1S/C20H16F4N4O/c21-14-4-12(5-15(22)7-14)18-1-2-26-28(18)20(29)27-9-11(10-27)3-13-6-16(25)8-17(23)19(13)24/h2-8,18H,1,9-10,25H2. The fourth-order valence-electron chi connectivity index (χ4n) is 3.42. The highest BCUT2D eigenvalue weighted by Gasteiger charge is 2.35. The molecule has 0 saturated carbocycles. The van der Waals surface area contributed by atoms with Crippen LogP contribution < -0.4 is 5.73 Å². The molecule has 9 heteroatoms. The van der Waals surface area contributed by atoms with Crippen molar-refractivity contribution in [1.82, 2.24) is 9.91 Å². The number of nitrogens with zero attached hydrogens (tertiary/aromatic N) is 3. The number of urea groups is 1. The number of nitrogens with two attached hydrogens (primary N) is 1. The van der Waals surface area contributed by atoms with Crippen LogP contribution in [0.1, 0.15) is 23.6 Å². The SMILES string of the molecule is Nc1cc(F)c(F)c(C=C2CN(C(=O)N3N=CCC3c3cc(F)cc(F)c3)C2)c1. The largest absolute Gasteiger partial charge is 0.399 e. The molecular weight excluding hydrogens is 388 g/mol. The smallest absolute Gasteiger partial charge is 0.341 e. The molecule has 1 fully saturated rings. The molecule has 29 heavy (non-hydrogen) atoms. The number of hydrogen-bond acceptors (Lipinski definition) is 3. The minimum atomic E-state index is -1.04. The van der Waals surface area contributed by atoms with Gasteiger partial charge in [0.05, 0.1) is 6.04 Å². The van der Waals surface area contributed by atoms with Crippen molar-refractivity contribution in [3.05, 3.63) is 70.3 Å². The summed E-state index contributed by atoms with van der Waals surface area (Å²) >= 11 is 0. The number of halogens is 4. The quantitative estimate of drug-likeness (QED) is 0.606. The first kappa shape index (κ1) is 19.0. The lowest BCUT2D eigenvalue weighted by molar-refractivity contribution is 0.136. The number of benzene rings is 2. The van der Waals surface area contributed by atoms with Crippen LogP contribution in [0.15, 0.2) is 41.0 Å². The lowest BCUT2D eigenvalue weighted by Crippen LogP contribution is -2.49. The molecule has 2 amide bonds. The maximum atomic E-state index is 13.9. The summed E-state index contributed by atoms with van der Waals surface area (Å²) in [6.07, 6.45) is 3.29. The number of hydrogen-bond donors (Lipinski definition) is 1. The average Bonchev–Trinajstić information content (AvgIpc) is 3.10. The van der Waals surface area contributed by atoms with Crippen LogP contribution >= 0.6 is 0 Å². The Morgan fingerprint density at radius 1 is 1.07 bits per heavy atom. The van der Waals surface area contributed by atoms with E-state index >= 15 is 0 Å². The minimum Gasteiger partial charge on any atom is -0.399 e. The van der Waals surface area contributed by atoms with Crippen LogP contribution in [0.2, 0.25) is 0 Å². The first-order chi connectivity index (χ1) is 13.8. The van der Waals surface area contributed by atoms with Gasteiger partial charge in [0.25, 0.3) is 0 Å². The van der Waals surface area contributed by atoms with E-state index in [0.717, 1.165) is 12.1 Å². The number of likely N-dealkylation sites (tertiary alicyclic amines) is 1.